The molecule has 1 N–H and O–H groups in total. The van der Waals surface area contributed by atoms with E-state index < -0.39 is 11.5 Å². The topological polar surface area (TPSA) is 62.6 Å². The van der Waals surface area contributed by atoms with Gasteiger partial charge < -0.3 is 14.6 Å². The smallest absolute Gasteiger partial charge is 0.349 e. The van der Waals surface area contributed by atoms with E-state index in [4.69, 9.17) is 4.42 Å². The van der Waals surface area contributed by atoms with E-state index in [1.54, 1.807) is 12.1 Å². The van der Waals surface area contributed by atoms with Crippen LogP contribution in [0.1, 0.15) is 29.8 Å². The summed E-state index contributed by atoms with van der Waals surface area (Å²) in [5.74, 6) is -0.470. The maximum atomic E-state index is 12.5. The van der Waals surface area contributed by atoms with Gasteiger partial charge >= 0.3 is 5.63 Å². The van der Waals surface area contributed by atoms with Gasteiger partial charge in [0, 0.05) is 35.9 Å². The number of benzene rings is 2. The number of anilines is 2. The van der Waals surface area contributed by atoms with E-state index in [2.05, 4.69) is 24.1 Å². The van der Waals surface area contributed by atoms with E-state index in [1.165, 1.54) is 0 Å². The average molecular weight is 350 g/mol. The van der Waals surface area contributed by atoms with Gasteiger partial charge in [-0.05, 0) is 50.6 Å². The number of fused-ring (bicyclic) bond motifs is 1. The van der Waals surface area contributed by atoms with Crippen molar-refractivity contribution < 1.29 is 9.21 Å². The van der Waals surface area contributed by atoms with Crippen molar-refractivity contribution >= 4 is 28.3 Å². The van der Waals surface area contributed by atoms with Crippen molar-refractivity contribution in [3.8, 4) is 0 Å². The first kappa shape index (κ1) is 17.7. The molecule has 0 atom stereocenters. The number of aryl methyl sites for hydroxylation is 1. The Labute approximate surface area is 152 Å². The normalized spacial score (nSPS) is 10.7. The predicted molar refractivity (Wildman–Crippen MR) is 105 cm³/mol. The quantitative estimate of drug-likeness (QED) is 0.701. The highest BCUT2D eigenvalue weighted by Crippen LogP contribution is 2.22. The maximum absolute atomic E-state index is 12.5. The van der Waals surface area contributed by atoms with Gasteiger partial charge in [-0.2, -0.15) is 0 Å². The van der Waals surface area contributed by atoms with Gasteiger partial charge in [0.25, 0.3) is 5.91 Å². The van der Waals surface area contributed by atoms with Crippen molar-refractivity contribution in [1.82, 2.24) is 0 Å². The molecule has 26 heavy (non-hydrogen) atoms. The predicted octanol–water partition coefficient (Wildman–Crippen LogP) is 4.20. The second-order valence-corrected chi connectivity index (χ2v) is 6.11. The summed E-state index contributed by atoms with van der Waals surface area (Å²) in [5, 5.41) is 3.49. The van der Waals surface area contributed by atoms with Crippen LogP contribution in [0.25, 0.3) is 11.0 Å². The Morgan fingerprint density at radius 1 is 1.08 bits per heavy atom. The molecule has 0 spiro atoms. The zero-order valence-electron chi connectivity index (χ0n) is 15.2. The highest BCUT2D eigenvalue weighted by molar-refractivity contribution is 6.05. The van der Waals surface area contributed by atoms with Crippen LogP contribution in [0.5, 0.6) is 0 Å². The fourth-order valence-electron chi connectivity index (χ4n) is 2.95. The number of nitrogens with one attached hydrogen (secondary N) is 1. The van der Waals surface area contributed by atoms with Crippen molar-refractivity contribution in [3.63, 3.8) is 0 Å². The summed E-state index contributed by atoms with van der Waals surface area (Å²) in [6.45, 7) is 7.77. The summed E-state index contributed by atoms with van der Waals surface area (Å²) >= 11 is 0. The van der Waals surface area contributed by atoms with Gasteiger partial charge in [-0.3, -0.25) is 4.79 Å². The van der Waals surface area contributed by atoms with Crippen molar-refractivity contribution in [1.29, 1.82) is 0 Å². The molecule has 5 nitrogen and oxygen atoms in total. The molecule has 0 radical (unpaired) electrons. The molecule has 3 rings (SSSR count). The molecule has 1 amide bonds. The molecule has 0 aliphatic rings. The summed E-state index contributed by atoms with van der Waals surface area (Å²) in [4.78, 5) is 27.0. The van der Waals surface area contributed by atoms with E-state index in [1.807, 2.05) is 43.3 Å². The SMILES string of the molecule is CCN(CC)c1ccc2cc(C(=O)Nc3ccccc3C)c(=O)oc2c1. The van der Waals surface area contributed by atoms with Crippen LogP contribution in [0.2, 0.25) is 0 Å². The van der Waals surface area contributed by atoms with E-state index in [0.717, 1.165) is 29.7 Å². The average Bonchev–Trinajstić information content (AvgIpc) is 2.64. The van der Waals surface area contributed by atoms with Crippen molar-refractivity contribution in [2.24, 2.45) is 0 Å². The summed E-state index contributed by atoms with van der Waals surface area (Å²) in [6.07, 6.45) is 0. The molecule has 5 heteroatoms. The van der Waals surface area contributed by atoms with Gasteiger partial charge in [-0.15, -0.1) is 0 Å². The lowest BCUT2D eigenvalue weighted by atomic mass is 10.1. The van der Waals surface area contributed by atoms with Gasteiger partial charge in [-0.25, -0.2) is 4.79 Å². The Balaban J connectivity index is 1.96. The number of carbonyl (C=O) groups is 1. The fraction of sp³-hybridized carbons (Fsp3) is 0.238. The molecule has 0 aliphatic carbocycles. The van der Waals surface area contributed by atoms with Crippen LogP contribution in [0, 0.1) is 6.92 Å². The molecule has 0 bridgehead atoms. The number of para-hydroxylation sites is 1. The fourth-order valence-corrected chi connectivity index (χ4v) is 2.95. The zero-order chi connectivity index (χ0) is 18.7. The third-order valence-corrected chi connectivity index (χ3v) is 4.49. The minimum Gasteiger partial charge on any atom is -0.422 e. The van der Waals surface area contributed by atoms with Gasteiger partial charge in [0.1, 0.15) is 11.1 Å². The third kappa shape index (κ3) is 3.47. The highest BCUT2D eigenvalue weighted by Gasteiger charge is 2.15. The lowest BCUT2D eigenvalue weighted by Gasteiger charge is -2.21. The van der Waals surface area contributed by atoms with Crippen LogP contribution in [-0.2, 0) is 0 Å². The second kappa shape index (κ2) is 7.44. The minimum absolute atomic E-state index is 0.00339. The summed E-state index contributed by atoms with van der Waals surface area (Å²) in [6, 6.07) is 14.7. The van der Waals surface area contributed by atoms with Gasteiger partial charge in [0.15, 0.2) is 0 Å². The lowest BCUT2D eigenvalue weighted by molar-refractivity contribution is 0.102. The Bertz CT molecular complexity index is 1000. The number of hydrogen-bond donors (Lipinski definition) is 1. The number of nitrogens with zero attached hydrogens (tertiary/aromatic N) is 1. The minimum atomic E-state index is -0.639. The van der Waals surface area contributed by atoms with E-state index in [-0.39, 0.29) is 5.56 Å². The van der Waals surface area contributed by atoms with Crippen LogP contribution in [-0.4, -0.2) is 19.0 Å². The largest absolute Gasteiger partial charge is 0.422 e. The summed E-state index contributed by atoms with van der Waals surface area (Å²) in [5.41, 5.74) is 2.43. The summed E-state index contributed by atoms with van der Waals surface area (Å²) < 4.78 is 5.42. The van der Waals surface area contributed by atoms with Crippen LogP contribution in [0.15, 0.2) is 57.7 Å². The molecule has 0 saturated heterocycles. The molecule has 2 aromatic carbocycles. The number of hydrogen-bond acceptors (Lipinski definition) is 4. The van der Waals surface area contributed by atoms with Crippen molar-refractivity contribution in [2.45, 2.75) is 20.8 Å². The highest BCUT2D eigenvalue weighted by atomic mass is 16.4. The van der Waals surface area contributed by atoms with Crippen molar-refractivity contribution in [3.05, 3.63) is 70.1 Å². The maximum Gasteiger partial charge on any atom is 0.349 e. The monoisotopic (exact) mass is 350 g/mol. The first-order valence-corrected chi connectivity index (χ1v) is 8.73. The first-order valence-electron chi connectivity index (χ1n) is 8.73. The molecule has 0 unspecified atom stereocenters. The van der Waals surface area contributed by atoms with Gasteiger partial charge in [0.2, 0.25) is 0 Å². The van der Waals surface area contributed by atoms with Gasteiger partial charge in [-0.1, -0.05) is 18.2 Å². The molecular weight excluding hydrogens is 328 g/mol. The molecular formula is C21H22N2O3. The van der Waals surface area contributed by atoms with Gasteiger partial charge in [0.05, 0.1) is 0 Å². The standard InChI is InChI=1S/C21H22N2O3/c1-4-23(5-2)16-11-10-15-12-17(21(25)26-19(15)13-16)20(24)22-18-9-7-6-8-14(18)3/h6-13H,4-5H2,1-3H3,(H,22,24). The van der Waals surface area contributed by atoms with E-state index in [9.17, 15) is 9.59 Å². The molecule has 1 aromatic heterocycles. The number of rotatable bonds is 5. The molecule has 134 valence electrons. The van der Waals surface area contributed by atoms with E-state index in [0.29, 0.717) is 11.3 Å². The molecule has 0 saturated carbocycles. The third-order valence-electron chi connectivity index (χ3n) is 4.49. The van der Waals surface area contributed by atoms with Crippen LogP contribution in [0.3, 0.4) is 0 Å². The second-order valence-electron chi connectivity index (χ2n) is 6.11. The molecule has 1 heterocycles. The number of carbonyl (C=O) groups excluding carboxylic acids is 1. The van der Waals surface area contributed by atoms with Crippen LogP contribution in [0.4, 0.5) is 11.4 Å². The first-order chi connectivity index (χ1) is 12.5. The lowest BCUT2D eigenvalue weighted by Crippen LogP contribution is -2.22. The Hall–Kier alpha value is -3.08. The van der Waals surface area contributed by atoms with E-state index >= 15 is 0 Å². The Morgan fingerprint density at radius 3 is 2.50 bits per heavy atom. The van der Waals surface area contributed by atoms with Crippen LogP contribution < -0.4 is 15.8 Å². The molecule has 0 fully saturated rings. The zero-order valence-corrected chi connectivity index (χ0v) is 15.2. The molecule has 0 aliphatic heterocycles. The molecule has 3 aromatic rings. The Kier molecular flexibility index (Phi) is 5.07. The van der Waals surface area contributed by atoms with Crippen LogP contribution >= 0.6 is 0 Å². The van der Waals surface area contributed by atoms with Crippen molar-refractivity contribution in [2.75, 3.05) is 23.3 Å². The summed E-state index contributed by atoms with van der Waals surface area (Å²) in [7, 11) is 0. The number of amides is 1. The Morgan fingerprint density at radius 2 is 1.81 bits per heavy atom.